The number of benzene rings is 1. The molecule has 0 aliphatic heterocycles. The molecule has 1 N–H and O–H groups in total. The standard InChI is InChI=1S/C19H15NO6S/c1-24-19(23)14-8-9-25-15(14)11-26-18(22)12-4-6-13(7-5-12)20-17(21)16-3-2-10-27-16/h2-10H,11H2,1H3,(H,20,21). The summed E-state index contributed by atoms with van der Waals surface area (Å²) in [6.45, 7) is -0.201. The third-order valence-electron chi connectivity index (χ3n) is 3.61. The summed E-state index contributed by atoms with van der Waals surface area (Å²) in [7, 11) is 1.25. The Morgan fingerprint density at radius 3 is 2.52 bits per heavy atom. The number of esters is 2. The van der Waals surface area contributed by atoms with Crippen molar-refractivity contribution >= 4 is 34.9 Å². The highest BCUT2D eigenvalue weighted by Gasteiger charge is 2.17. The molecular weight excluding hydrogens is 370 g/mol. The average molecular weight is 385 g/mol. The number of amides is 1. The van der Waals surface area contributed by atoms with Gasteiger partial charge in [-0.1, -0.05) is 6.07 Å². The summed E-state index contributed by atoms with van der Waals surface area (Å²) >= 11 is 1.34. The normalized spacial score (nSPS) is 10.3. The molecule has 0 atom stereocenters. The fourth-order valence-corrected chi connectivity index (χ4v) is 2.87. The molecule has 0 saturated heterocycles. The maximum absolute atomic E-state index is 12.1. The van der Waals surface area contributed by atoms with Crippen LogP contribution in [-0.4, -0.2) is 25.0 Å². The zero-order chi connectivity index (χ0) is 19.2. The molecule has 1 amide bonds. The number of furan rings is 1. The topological polar surface area (TPSA) is 94.8 Å². The Kier molecular flexibility index (Phi) is 5.68. The summed E-state index contributed by atoms with van der Waals surface area (Å²) in [5.41, 5.74) is 1.07. The van der Waals surface area contributed by atoms with Gasteiger partial charge in [0.15, 0.2) is 12.4 Å². The van der Waals surface area contributed by atoms with Crippen LogP contribution in [0.15, 0.2) is 58.5 Å². The first-order valence-electron chi connectivity index (χ1n) is 7.85. The second-order valence-electron chi connectivity index (χ2n) is 5.33. The molecule has 0 fully saturated rings. The van der Waals surface area contributed by atoms with Crippen LogP contribution in [0.3, 0.4) is 0 Å². The predicted octanol–water partition coefficient (Wildman–Crippen LogP) is 3.74. The number of methoxy groups -OCH3 is 1. The Balaban J connectivity index is 1.59. The molecule has 2 aromatic heterocycles. The predicted molar refractivity (Wildman–Crippen MR) is 97.9 cm³/mol. The van der Waals surface area contributed by atoms with Crippen molar-refractivity contribution in [2.24, 2.45) is 0 Å². The lowest BCUT2D eigenvalue weighted by molar-refractivity contribution is 0.0432. The van der Waals surface area contributed by atoms with Gasteiger partial charge in [-0.25, -0.2) is 9.59 Å². The first kappa shape index (κ1) is 18.4. The van der Waals surface area contributed by atoms with Crippen LogP contribution in [0.5, 0.6) is 0 Å². The molecule has 138 valence electrons. The van der Waals surface area contributed by atoms with Gasteiger partial charge in [0.05, 0.1) is 23.8 Å². The van der Waals surface area contributed by atoms with E-state index in [2.05, 4.69) is 10.1 Å². The summed E-state index contributed by atoms with van der Waals surface area (Å²) in [6.07, 6.45) is 1.32. The van der Waals surface area contributed by atoms with Gasteiger partial charge in [-0.2, -0.15) is 0 Å². The first-order chi connectivity index (χ1) is 13.1. The van der Waals surface area contributed by atoms with Crippen LogP contribution in [0.2, 0.25) is 0 Å². The number of hydrogen-bond acceptors (Lipinski definition) is 7. The molecule has 27 heavy (non-hydrogen) atoms. The van der Waals surface area contributed by atoms with E-state index in [9.17, 15) is 14.4 Å². The highest BCUT2D eigenvalue weighted by molar-refractivity contribution is 7.12. The van der Waals surface area contributed by atoms with Crippen molar-refractivity contribution in [3.63, 3.8) is 0 Å². The summed E-state index contributed by atoms with van der Waals surface area (Å²) < 4.78 is 14.9. The Bertz CT molecular complexity index is 943. The van der Waals surface area contributed by atoms with Crippen molar-refractivity contribution in [3.05, 3.63) is 75.9 Å². The minimum Gasteiger partial charge on any atom is -0.465 e. The molecule has 7 nitrogen and oxygen atoms in total. The van der Waals surface area contributed by atoms with E-state index >= 15 is 0 Å². The van der Waals surface area contributed by atoms with Crippen molar-refractivity contribution in [2.45, 2.75) is 6.61 Å². The van der Waals surface area contributed by atoms with Crippen LogP contribution in [-0.2, 0) is 16.1 Å². The van der Waals surface area contributed by atoms with Crippen molar-refractivity contribution in [1.82, 2.24) is 0 Å². The lowest BCUT2D eigenvalue weighted by Gasteiger charge is -2.06. The molecule has 0 spiro atoms. The highest BCUT2D eigenvalue weighted by atomic mass is 32.1. The maximum atomic E-state index is 12.1. The molecule has 2 heterocycles. The smallest absolute Gasteiger partial charge is 0.341 e. The second kappa shape index (κ2) is 8.33. The number of thiophene rings is 1. The molecular formula is C19H15NO6S. The van der Waals surface area contributed by atoms with E-state index in [-0.39, 0.29) is 23.8 Å². The quantitative estimate of drug-likeness (QED) is 0.650. The zero-order valence-corrected chi connectivity index (χ0v) is 15.1. The molecule has 3 aromatic rings. The monoisotopic (exact) mass is 385 g/mol. The summed E-state index contributed by atoms with van der Waals surface area (Å²) in [5, 5.41) is 4.56. The van der Waals surface area contributed by atoms with E-state index in [4.69, 9.17) is 9.15 Å². The van der Waals surface area contributed by atoms with Crippen molar-refractivity contribution in [1.29, 1.82) is 0 Å². The van der Waals surface area contributed by atoms with Gasteiger partial charge >= 0.3 is 11.9 Å². The SMILES string of the molecule is COC(=O)c1ccoc1COC(=O)c1ccc(NC(=O)c2cccs2)cc1. The van der Waals surface area contributed by atoms with Gasteiger partial charge in [0.2, 0.25) is 0 Å². The van der Waals surface area contributed by atoms with Crippen LogP contribution >= 0.6 is 11.3 Å². The van der Waals surface area contributed by atoms with Crippen LogP contribution in [0.1, 0.15) is 36.1 Å². The molecule has 3 rings (SSSR count). The molecule has 8 heteroatoms. The molecule has 0 unspecified atom stereocenters. The van der Waals surface area contributed by atoms with E-state index < -0.39 is 11.9 Å². The minimum atomic E-state index is -0.585. The fourth-order valence-electron chi connectivity index (χ4n) is 2.25. The van der Waals surface area contributed by atoms with Gasteiger partial charge in [0.1, 0.15) is 5.56 Å². The van der Waals surface area contributed by atoms with Gasteiger partial charge < -0.3 is 19.2 Å². The number of carbonyl (C=O) groups excluding carboxylic acids is 3. The van der Waals surface area contributed by atoms with Gasteiger partial charge in [-0.15, -0.1) is 11.3 Å². The third-order valence-corrected chi connectivity index (χ3v) is 4.48. The first-order valence-corrected chi connectivity index (χ1v) is 8.73. The maximum Gasteiger partial charge on any atom is 0.341 e. The van der Waals surface area contributed by atoms with Crippen LogP contribution in [0, 0.1) is 0 Å². The number of rotatable bonds is 6. The van der Waals surface area contributed by atoms with E-state index in [0.717, 1.165) is 0 Å². The van der Waals surface area contributed by atoms with Crippen molar-refractivity contribution in [2.75, 3.05) is 12.4 Å². The van der Waals surface area contributed by atoms with Gasteiger partial charge in [0, 0.05) is 5.69 Å². The van der Waals surface area contributed by atoms with Crippen molar-refractivity contribution < 1.29 is 28.3 Å². The lowest BCUT2D eigenvalue weighted by atomic mass is 10.2. The average Bonchev–Trinajstić information content (AvgIpc) is 3.38. The van der Waals surface area contributed by atoms with Gasteiger partial charge in [-0.3, -0.25) is 4.79 Å². The Hall–Kier alpha value is -3.39. The molecule has 0 bridgehead atoms. The zero-order valence-electron chi connectivity index (χ0n) is 14.3. The summed E-state index contributed by atoms with van der Waals surface area (Å²) in [5.74, 6) is -1.16. The van der Waals surface area contributed by atoms with E-state index in [0.29, 0.717) is 16.1 Å². The Morgan fingerprint density at radius 1 is 1.07 bits per heavy atom. The number of anilines is 1. The number of hydrogen-bond donors (Lipinski definition) is 1. The van der Waals surface area contributed by atoms with Crippen LogP contribution in [0.4, 0.5) is 5.69 Å². The molecule has 0 radical (unpaired) electrons. The van der Waals surface area contributed by atoms with Gasteiger partial charge in [0.25, 0.3) is 5.91 Å². The Morgan fingerprint density at radius 2 is 1.85 bits per heavy atom. The summed E-state index contributed by atoms with van der Waals surface area (Å²) in [6, 6.07) is 11.3. The lowest BCUT2D eigenvalue weighted by Crippen LogP contribution is -2.11. The van der Waals surface area contributed by atoms with E-state index in [1.807, 2.05) is 5.38 Å². The second-order valence-corrected chi connectivity index (χ2v) is 6.28. The number of ether oxygens (including phenoxy) is 2. The van der Waals surface area contributed by atoms with Crippen LogP contribution in [0.25, 0.3) is 0 Å². The van der Waals surface area contributed by atoms with E-state index in [1.54, 1.807) is 24.3 Å². The molecule has 0 aliphatic rings. The van der Waals surface area contributed by atoms with Crippen molar-refractivity contribution in [3.8, 4) is 0 Å². The summed E-state index contributed by atoms with van der Waals surface area (Å²) in [4.78, 5) is 36.3. The number of nitrogens with one attached hydrogen (secondary N) is 1. The van der Waals surface area contributed by atoms with Crippen LogP contribution < -0.4 is 5.32 Å². The fraction of sp³-hybridized carbons (Fsp3) is 0.105. The van der Waals surface area contributed by atoms with E-state index in [1.165, 1.54) is 42.9 Å². The molecule has 0 aliphatic carbocycles. The number of carbonyl (C=O) groups is 3. The van der Waals surface area contributed by atoms with Gasteiger partial charge in [-0.05, 0) is 41.8 Å². The Labute approximate surface area is 158 Å². The molecule has 0 saturated carbocycles. The molecule has 1 aromatic carbocycles. The third kappa shape index (κ3) is 4.42. The largest absolute Gasteiger partial charge is 0.465 e. The minimum absolute atomic E-state index is 0.201. The highest BCUT2D eigenvalue weighted by Crippen LogP contribution is 2.17.